The first kappa shape index (κ1) is 15.3. The highest BCUT2D eigenvalue weighted by Crippen LogP contribution is 2.37. The predicted molar refractivity (Wildman–Crippen MR) is 118 cm³/mol. The van der Waals surface area contributed by atoms with Gasteiger partial charge in [-0.05, 0) is 24.6 Å². The van der Waals surface area contributed by atoms with Crippen molar-refractivity contribution in [1.82, 2.24) is 9.13 Å². The summed E-state index contributed by atoms with van der Waals surface area (Å²) in [5.74, 6) is 0.0804. The second-order valence-electron chi connectivity index (χ2n) is 7.87. The van der Waals surface area contributed by atoms with Gasteiger partial charge in [-0.2, -0.15) is 0 Å². The number of hydrogen-bond acceptors (Lipinski definition) is 2. The Morgan fingerprint density at radius 2 is 1.90 bits per heavy atom. The van der Waals surface area contributed by atoms with Gasteiger partial charge in [-0.1, -0.05) is 36.4 Å². The third-order valence-corrected chi connectivity index (χ3v) is 6.46. The zero-order valence-electron chi connectivity index (χ0n) is 15.7. The molecule has 29 heavy (non-hydrogen) atoms. The van der Waals surface area contributed by atoms with Crippen LogP contribution in [0.5, 0.6) is 0 Å². The second kappa shape index (κ2) is 5.23. The van der Waals surface area contributed by atoms with E-state index >= 15 is 0 Å². The molecule has 0 spiro atoms. The van der Waals surface area contributed by atoms with Crippen LogP contribution in [0.25, 0.3) is 45.0 Å². The number of rotatable bonds is 0. The Bertz CT molecular complexity index is 1640. The van der Waals surface area contributed by atoms with Gasteiger partial charge in [0.2, 0.25) is 0 Å². The topological polar surface area (TPSA) is 39.3 Å². The fourth-order valence-corrected chi connectivity index (χ4v) is 5.35. The number of hydrogen-bond donors (Lipinski definition) is 0. The van der Waals surface area contributed by atoms with E-state index in [2.05, 4.69) is 56.6 Å². The maximum absolute atomic E-state index is 13.0. The van der Waals surface area contributed by atoms with Crippen molar-refractivity contribution in [1.29, 1.82) is 0 Å². The molecule has 2 aromatic carbocycles. The third-order valence-electron chi connectivity index (χ3n) is 6.46. The first-order valence-corrected chi connectivity index (χ1v) is 10.0. The molecule has 0 fully saturated rings. The van der Waals surface area contributed by atoms with E-state index in [-0.39, 0.29) is 5.78 Å². The molecule has 138 valence electrons. The zero-order valence-corrected chi connectivity index (χ0v) is 15.7. The zero-order chi connectivity index (χ0) is 19.1. The number of aromatic nitrogens is 2. The quantitative estimate of drug-likeness (QED) is 0.434. The van der Waals surface area contributed by atoms with Gasteiger partial charge in [0.1, 0.15) is 0 Å². The molecule has 4 aromatic rings. The van der Waals surface area contributed by atoms with E-state index in [1.54, 1.807) is 6.08 Å². The van der Waals surface area contributed by atoms with E-state index in [9.17, 15) is 4.79 Å². The van der Waals surface area contributed by atoms with Gasteiger partial charge in [0.25, 0.3) is 0 Å². The maximum Gasteiger partial charge on any atom is 0.188 e. The van der Waals surface area contributed by atoms with Crippen LogP contribution >= 0.6 is 0 Å². The standard InChI is InChI=1S/C25H17N3O/c29-20-10-6-9-19-23(20)22-17-14-26-13-16(17)21-15-7-2-3-8-18(15)27-11-4-1-5-12-28(19)25(22)24(21)27/h1-3,5-10,13-14H,4,11-12H2/b5-1-. The minimum Gasteiger partial charge on any atom is -0.338 e. The molecule has 4 heteroatoms. The highest BCUT2D eigenvalue weighted by molar-refractivity contribution is 6.27. The number of fused-ring (bicyclic) bond motifs is 9. The minimum absolute atomic E-state index is 0.0804. The molecular formula is C25H17N3O. The van der Waals surface area contributed by atoms with Gasteiger partial charge in [0, 0.05) is 58.0 Å². The van der Waals surface area contributed by atoms with Crippen LogP contribution in [-0.4, -0.2) is 21.1 Å². The van der Waals surface area contributed by atoms with Gasteiger partial charge in [0.05, 0.1) is 21.9 Å². The largest absolute Gasteiger partial charge is 0.338 e. The van der Waals surface area contributed by atoms with Crippen molar-refractivity contribution in [2.24, 2.45) is 4.99 Å². The Hall–Kier alpha value is -3.66. The number of carbonyl (C=O) groups excluding carboxylic acids is 1. The lowest BCUT2D eigenvalue weighted by Gasteiger charge is -2.09. The smallest absolute Gasteiger partial charge is 0.188 e. The average molecular weight is 375 g/mol. The lowest BCUT2D eigenvalue weighted by molar-refractivity contribution is 0.104. The maximum atomic E-state index is 13.0. The minimum atomic E-state index is 0.0804. The van der Waals surface area contributed by atoms with Gasteiger partial charge in [-0.3, -0.25) is 9.79 Å². The molecule has 0 atom stereocenters. The summed E-state index contributed by atoms with van der Waals surface area (Å²) in [6, 6.07) is 8.63. The Labute approximate surface area is 166 Å². The monoisotopic (exact) mass is 375 g/mol. The van der Waals surface area contributed by atoms with Gasteiger partial charge in [-0.25, -0.2) is 0 Å². The van der Waals surface area contributed by atoms with E-state index in [4.69, 9.17) is 0 Å². The van der Waals surface area contributed by atoms with Crippen molar-refractivity contribution in [2.75, 3.05) is 0 Å². The first-order chi connectivity index (χ1) is 14.3. The highest BCUT2D eigenvalue weighted by Gasteiger charge is 2.27. The van der Waals surface area contributed by atoms with Crippen molar-refractivity contribution in [3.63, 3.8) is 0 Å². The summed E-state index contributed by atoms with van der Waals surface area (Å²) >= 11 is 0. The van der Waals surface area contributed by atoms with Crippen molar-refractivity contribution in [2.45, 2.75) is 19.5 Å². The molecule has 3 aliphatic rings. The summed E-state index contributed by atoms with van der Waals surface area (Å²) in [5.41, 5.74) is 5.57. The molecular weight excluding hydrogens is 358 g/mol. The molecule has 0 saturated heterocycles. The molecule has 7 rings (SSSR count). The number of aliphatic imine (C=N–C) groups is 1. The van der Waals surface area contributed by atoms with Crippen molar-refractivity contribution < 1.29 is 4.79 Å². The first-order valence-electron chi connectivity index (χ1n) is 10.0. The van der Waals surface area contributed by atoms with Gasteiger partial charge < -0.3 is 9.13 Å². The summed E-state index contributed by atoms with van der Waals surface area (Å²) in [4.78, 5) is 17.5. The molecule has 0 saturated carbocycles. The van der Waals surface area contributed by atoms with Gasteiger partial charge >= 0.3 is 0 Å². The van der Waals surface area contributed by atoms with Crippen LogP contribution in [0.1, 0.15) is 22.3 Å². The van der Waals surface area contributed by atoms with Crippen LogP contribution in [0.4, 0.5) is 0 Å². The van der Waals surface area contributed by atoms with Crippen LogP contribution in [-0.2, 0) is 13.1 Å². The van der Waals surface area contributed by atoms with E-state index in [0.717, 1.165) is 52.1 Å². The number of carbonyl (C=O) groups is 1. The van der Waals surface area contributed by atoms with Crippen molar-refractivity contribution in [3.8, 4) is 0 Å². The van der Waals surface area contributed by atoms with Crippen LogP contribution < -0.4 is 10.6 Å². The molecule has 0 radical (unpaired) electrons. The Morgan fingerprint density at radius 1 is 1.00 bits per heavy atom. The summed E-state index contributed by atoms with van der Waals surface area (Å²) < 4.78 is 4.76. The van der Waals surface area contributed by atoms with Crippen LogP contribution in [0.15, 0.2) is 53.6 Å². The third kappa shape index (κ3) is 1.75. The lowest BCUT2D eigenvalue weighted by atomic mass is 9.98. The number of benzene rings is 2. The number of para-hydroxylation sites is 1. The molecule has 0 bridgehead atoms. The lowest BCUT2D eigenvalue weighted by Crippen LogP contribution is -2.23. The molecule has 0 N–H and O–H groups in total. The highest BCUT2D eigenvalue weighted by atomic mass is 16.1. The fraction of sp³-hybridized carbons (Fsp3) is 0.120. The SMILES string of the molecule is O=C1C=CC=c2c1c1c3c(c4c5ccccc5n5c4c1n2C/C=C\CC5)C=NC=3. The molecule has 1 aliphatic carbocycles. The van der Waals surface area contributed by atoms with Crippen LogP contribution in [0.3, 0.4) is 0 Å². The summed E-state index contributed by atoms with van der Waals surface area (Å²) in [7, 11) is 0. The van der Waals surface area contributed by atoms with E-state index in [1.807, 2.05) is 18.5 Å². The summed E-state index contributed by atoms with van der Waals surface area (Å²) in [6.45, 7) is 1.68. The normalized spacial score (nSPS) is 17.9. The average Bonchev–Trinajstić information content (AvgIpc) is 3.41. The van der Waals surface area contributed by atoms with Gasteiger partial charge in [0.15, 0.2) is 5.78 Å². The summed E-state index contributed by atoms with van der Waals surface area (Å²) in [6.07, 6.45) is 15.0. The molecule has 0 unspecified atom stereocenters. The summed E-state index contributed by atoms with van der Waals surface area (Å²) in [5, 5.41) is 5.63. The van der Waals surface area contributed by atoms with Crippen LogP contribution in [0.2, 0.25) is 0 Å². The molecule has 4 nitrogen and oxygen atoms in total. The molecule has 0 amide bonds. The Kier molecular flexibility index (Phi) is 2.76. The Balaban J connectivity index is 1.90. The fourth-order valence-electron chi connectivity index (χ4n) is 5.35. The van der Waals surface area contributed by atoms with Crippen LogP contribution in [0, 0.1) is 0 Å². The van der Waals surface area contributed by atoms with E-state index < -0.39 is 0 Å². The predicted octanol–water partition coefficient (Wildman–Crippen LogP) is 3.41. The van der Waals surface area contributed by atoms with E-state index in [0.29, 0.717) is 0 Å². The van der Waals surface area contributed by atoms with Crippen molar-refractivity contribution in [3.05, 3.63) is 70.3 Å². The second-order valence-corrected chi connectivity index (χ2v) is 7.87. The number of ketones is 1. The Morgan fingerprint density at radius 3 is 2.86 bits per heavy atom. The number of aryl methyl sites for hydroxylation is 1. The molecule has 2 aliphatic heterocycles. The van der Waals surface area contributed by atoms with E-state index in [1.165, 1.54) is 21.8 Å². The molecule has 4 heterocycles. The van der Waals surface area contributed by atoms with Gasteiger partial charge in [-0.15, -0.1) is 0 Å². The van der Waals surface area contributed by atoms with Crippen molar-refractivity contribution >= 4 is 57.0 Å². The number of allylic oxidation sites excluding steroid dienone is 4. The molecule has 2 aromatic heterocycles. The number of nitrogens with zero attached hydrogens (tertiary/aromatic N) is 3.